The number of aromatic nitrogens is 1. The van der Waals surface area contributed by atoms with E-state index in [1.807, 2.05) is 24.4 Å². The number of pyridine rings is 1. The molecule has 1 atom stereocenters. The van der Waals surface area contributed by atoms with E-state index in [1.165, 1.54) is 44.1 Å². The van der Waals surface area contributed by atoms with Crippen LogP contribution in [0.4, 0.5) is 13.2 Å². The van der Waals surface area contributed by atoms with Gasteiger partial charge < -0.3 is 9.47 Å². The van der Waals surface area contributed by atoms with Crippen molar-refractivity contribution in [2.24, 2.45) is 0 Å². The maximum absolute atomic E-state index is 12.4. The summed E-state index contributed by atoms with van der Waals surface area (Å²) in [5.74, 6) is -0.396. The van der Waals surface area contributed by atoms with Crippen LogP contribution in [0.3, 0.4) is 0 Å². The van der Waals surface area contributed by atoms with E-state index >= 15 is 0 Å². The van der Waals surface area contributed by atoms with Gasteiger partial charge in [0.2, 0.25) is 0 Å². The van der Waals surface area contributed by atoms with Crippen LogP contribution in [0.15, 0.2) is 66.9 Å². The number of carbonyl (C=O) groups is 1. The lowest BCUT2D eigenvalue weighted by molar-refractivity contribution is -0.214. The number of carbonyl (C=O) groups excluding carboxylic acids is 1. The Morgan fingerprint density at radius 1 is 0.738 bits per heavy atom. The summed E-state index contributed by atoms with van der Waals surface area (Å²) in [5, 5.41) is 0. The lowest BCUT2D eigenvalue weighted by Crippen LogP contribution is -2.28. The molecule has 0 saturated heterocycles. The van der Waals surface area contributed by atoms with Gasteiger partial charge in [-0.2, -0.15) is 13.2 Å². The van der Waals surface area contributed by atoms with E-state index < -0.39 is 18.2 Å². The first-order valence-corrected chi connectivity index (χ1v) is 15.3. The number of esters is 1. The summed E-state index contributed by atoms with van der Waals surface area (Å²) in [7, 11) is 0. The Morgan fingerprint density at radius 2 is 1.33 bits per heavy atom. The van der Waals surface area contributed by atoms with E-state index in [1.54, 1.807) is 12.1 Å². The van der Waals surface area contributed by atoms with Gasteiger partial charge in [-0.15, -0.1) is 0 Å². The fourth-order valence-electron chi connectivity index (χ4n) is 4.65. The van der Waals surface area contributed by atoms with Crippen LogP contribution in [-0.4, -0.2) is 36.4 Å². The van der Waals surface area contributed by atoms with Crippen molar-refractivity contribution >= 4 is 5.97 Å². The van der Waals surface area contributed by atoms with Crippen LogP contribution in [0.25, 0.3) is 22.4 Å². The SMILES string of the molecule is CCCCCCCCc1ccc(-c2ccc(-c3ccc(C(=O)OCCCCCCOC(C)C(F)(F)F)cc3)nc2)cc1. The Balaban J connectivity index is 1.37. The minimum absolute atomic E-state index is 0.0663. The largest absolute Gasteiger partial charge is 0.462 e. The fraction of sp³-hybridized carbons (Fsp3) is 0.486. The molecule has 228 valence electrons. The van der Waals surface area contributed by atoms with Gasteiger partial charge in [-0.1, -0.05) is 87.9 Å². The summed E-state index contributed by atoms with van der Waals surface area (Å²) in [6.07, 6.45) is 7.42. The molecule has 1 heterocycles. The van der Waals surface area contributed by atoms with Gasteiger partial charge in [0, 0.05) is 23.9 Å². The van der Waals surface area contributed by atoms with Crippen molar-refractivity contribution in [2.45, 2.75) is 96.8 Å². The Kier molecular flexibility index (Phi) is 14.0. The first kappa shape index (κ1) is 33.3. The molecule has 42 heavy (non-hydrogen) atoms. The molecular formula is C35H44F3NO3. The van der Waals surface area contributed by atoms with Gasteiger partial charge in [0.1, 0.15) is 0 Å². The van der Waals surface area contributed by atoms with Gasteiger partial charge in [-0.25, -0.2) is 4.79 Å². The first-order valence-electron chi connectivity index (χ1n) is 15.3. The third kappa shape index (κ3) is 11.6. The number of ether oxygens (including phenoxy) is 2. The van der Waals surface area contributed by atoms with Crippen molar-refractivity contribution in [1.29, 1.82) is 0 Å². The van der Waals surface area contributed by atoms with E-state index in [0.29, 0.717) is 24.8 Å². The highest BCUT2D eigenvalue weighted by atomic mass is 19.4. The summed E-state index contributed by atoms with van der Waals surface area (Å²) in [6, 6.07) is 20.0. The predicted molar refractivity (Wildman–Crippen MR) is 162 cm³/mol. The summed E-state index contributed by atoms with van der Waals surface area (Å²) >= 11 is 0. The zero-order valence-corrected chi connectivity index (χ0v) is 24.9. The molecule has 2 aromatic carbocycles. The number of alkyl halides is 3. The molecule has 0 N–H and O–H groups in total. The minimum atomic E-state index is -4.33. The Bertz CT molecular complexity index is 1180. The Hall–Kier alpha value is -3.19. The van der Waals surface area contributed by atoms with Crippen LogP contribution in [0.5, 0.6) is 0 Å². The second-order valence-corrected chi connectivity index (χ2v) is 10.8. The number of rotatable bonds is 18. The van der Waals surface area contributed by atoms with Crippen LogP contribution in [-0.2, 0) is 15.9 Å². The number of hydrogen-bond acceptors (Lipinski definition) is 4. The van der Waals surface area contributed by atoms with Crippen molar-refractivity contribution in [3.05, 3.63) is 78.0 Å². The Morgan fingerprint density at radius 3 is 1.98 bits per heavy atom. The van der Waals surface area contributed by atoms with Gasteiger partial charge >= 0.3 is 12.1 Å². The highest BCUT2D eigenvalue weighted by Gasteiger charge is 2.36. The van der Waals surface area contributed by atoms with Gasteiger partial charge in [-0.05, 0) is 68.4 Å². The summed E-state index contributed by atoms with van der Waals surface area (Å²) in [4.78, 5) is 17.0. The van der Waals surface area contributed by atoms with Gasteiger partial charge in [-0.3, -0.25) is 4.98 Å². The van der Waals surface area contributed by atoms with Gasteiger partial charge in [0.05, 0.1) is 17.9 Å². The molecule has 4 nitrogen and oxygen atoms in total. The van der Waals surface area contributed by atoms with Crippen molar-refractivity contribution in [3.8, 4) is 22.4 Å². The summed E-state index contributed by atoms with van der Waals surface area (Å²) in [5.41, 5.74) is 5.78. The fourth-order valence-corrected chi connectivity index (χ4v) is 4.65. The number of halogens is 3. The molecule has 0 aliphatic rings. The quantitative estimate of drug-likeness (QED) is 0.110. The zero-order chi connectivity index (χ0) is 30.2. The van der Waals surface area contributed by atoms with E-state index in [0.717, 1.165) is 42.1 Å². The molecule has 0 amide bonds. The average molecular weight is 584 g/mol. The molecule has 0 aliphatic heterocycles. The molecule has 1 aromatic heterocycles. The molecule has 1 unspecified atom stereocenters. The lowest BCUT2D eigenvalue weighted by atomic mass is 10.0. The van der Waals surface area contributed by atoms with E-state index in [9.17, 15) is 18.0 Å². The molecule has 0 spiro atoms. The molecule has 7 heteroatoms. The molecule has 0 aliphatic carbocycles. The van der Waals surface area contributed by atoms with Crippen LogP contribution < -0.4 is 0 Å². The highest BCUT2D eigenvalue weighted by molar-refractivity contribution is 5.90. The molecule has 0 fully saturated rings. The zero-order valence-electron chi connectivity index (χ0n) is 24.9. The molecule has 0 saturated carbocycles. The predicted octanol–water partition coefficient (Wildman–Crippen LogP) is 10.0. The van der Waals surface area contributed by atoms with Crippen LogP contribution >= 0.6 is 0 Å². The van der Waals surface area contributed by atoms with Gasteiger partial charge in [0.15, 0.2) is 6.10 Å². The van der Waals surface area contributed by atoms with Crippen molar-refractivity contribution in [2.75, 3.05) is 13.2 Å². The number of benzene rings is 2. The first-order chi connectivity index (χ1) is 20.3. The number of nitrogens with zero attached hydrogens (tertiary/aromatic N) is 1. The van der Waals surface area contributed by atoms with E-state index in [4.69, 9.17) is 9.47 Å². The lowest BCUT2D eigenvalue weighted by Gasteiger charge is -2.16. The second-order valence-electron chi connectivity index (χ2n) is 10.8. The number of hydrogen-bond donors (Lipinski definition) is 0. The monoisotopic (exact) mass is 583 g/mol. The molecule has 0 radical (unpaired) electrons. The minimum Gasteiger partial charge on any atom is -0.462 e. The molecule has 3 aromatic rings. The second kappa shape index (κ2) is 17.7. The van der Waals surface area contributed by atoms with E-state index in [2.05, 4.69) is 42.2 Å². The third-order valence-electron chi connectivity index (χ3n) is 7.39. The highest BCUT2D eigenvalue weighted by Crippen LogP contribution is 2.25. The van der Waals surface area contributed by atoms with Crippen LogP contribution in [0, 0.1) is 0 Å². The molecule has 0 bridgehead atoms. The van der Waals surface area contributed by atoms with Gasteiger partial charge in [0.25, 0.3) is 0 Å². The normalized spacial score (nSPS) is 12.3. The van der Waals surface area contributed by atoms with Crippen molar-refractivity contribution < 1.29 is 27.4 Å². The van der Waals surface area contributed by atoms with Crippen LogP contribution in [0.2, 0.25) is 0 Å². The summed E-state index contributed by atoms with van der Waals surface area (Å²) in [6.45, 7) is 3.59. The average Bonchev–Trinajstić information content (AvgIpc) is 3.00. The smallest absolute Gasteiger partial charge is 0.414 e. The standard InChI is InChI=1S/C35H44F3NO3/c1-3-4-5-6-7-10-13-28-14-16-29(17-15-28)32-22-23-33(39-26-32)30-18-20-31(21-19-30)34(40)42-25-12-9-8-11-24-41-27(2)35(36,37)38/h14-23,26-27H,3-13,24-25H2,1-2H3. The number of unbranched alkanes of at least 4 members (excludes halogenated alkanes) is 8. The maximum Gasteiger partial charge on any atom is 0.414 e. The van der Waals surface area contributed by atoms with Crippen LogP contribution in [0.1, 0.15) is 94.0 Å². The Labute approximate surface area is 248 Å². The maximum atomic E-state index is 12.4. The van der Waals surface area contributed by atoms with Crippen molar-refractivity contribution in [3.63, 3.8) is 0 Å². The third-order valence-corrected chi connectivity index (χ3v) is 7.39. The van der Waals surface area contributed by atoms with E-state index in [-0.39, 0.29) is 13.2 Å². The van der Waals surface area contributed by atoms with Crippen molar-refractivity contribution in [1.82, 2.24) is 4.98 Å². The molecule has 3 rings (SSSR count). The molecular weight excluding hydrogens is 539 g/mol. The topological polar surface area (TPSA) is 48.4 Å². The number of aryl methyl sites for hydroxylation is 1. The summed E-state index contributed by atoms with van der Waals surface area (Å²) < 4.78 is 47.4.